The Hall–Kier alpha value is -2.47. The first-order valence-electron chi connectivity index (χ1n) is 10.7. The van der Waals surface area contributed by atoms with Crippen LogP contribution in [0.4, 0.5) is 14.5 Å². The van der Waals surface area contributed by atoms with Gasteiger partial charge in [0.2, 0.25) is 11.8 Å². The summed E-state index contributed by atoms with van der Waals surface area (Å²) in [6, 6.07) is 9.12. The van der Waals surface area contributed by atoms with Crippen molar-refractivity contribution >= 4 is 21.6 Å². The predicted molar refractivity (Wildman–Crippen MR) is 121 cm³/mol. The smallest absolute Gasteiger partial charge is 0.255 e. The maximum atomic E-state index is 13.4. The van der Waals surface area contributed by atoms with Crippen LogP contribution in [0.15, 0.2) is 53.7 Å². The molecule has 4 N–H and O–H groups in total. The van der Waals surface area contributed by atoms with Crippen molar-refractivity contribution in [1.82, 2.24) is 14.7 Å². The average molecular weight is 482 g/mol. The molecule has 3 rings (SSSR count). The van der Waals surface area contributed by atoms with Gasteiger partial charge in [0.15, 0.2) is 0 Å². The number of carbonyl (C=O) groups is 1. The molecule has 1 aliphatic rings. The number of amides is 1. The van der Waals surface area contributed by atoms with Crippen LogP contribution in [0.1, 0.15) is 31.7 Å². The first-order chi connectivity index (χ1) is 15.6. The third kappa shape index (κ3) is 7.00. The van der Waals surface area contributed by atoms with E-state index in [-0.39, 0.29) is 36.4 Å². The molecule has 2 unspecified atom stereocenters. The van der Waals surface area contributed by atoms with Crippen LogP contribution in [0.5, 0.6) is 0 Å². The molecule has 11 heteroatoms. The van der Waals surface area contributed by atoms with E-state index < -0.39 is 21.9 Å². The summed E-state index contributed by atoms with van der Waals surface area (Å²) in [5, 5.41) is 5.70. The van der Waals surface area contributed by atoms with Crippen LogP contribution in [0.2, 0.25) is 0 Å². The normalized spacial score (nSPS) is 19.4. The van der Waals surface area contributed by atoms with Crippen LogP contribution in [0.3, 0.4) is 0 Å². The van der Waals surface area contributed by atoms with Gasteiger partial charge in [-0.1, -0.05) is 6.07 Å². The monoisotopic (exact) mass is 481 g/mol. The predicted octanol–water partition coefficient (Wildman–Crippen LogP) is 2.54. The number of benzene rings is 1. The molecule has 2 atom stereocenters. The lowest BCUT2D eigenvalue weighted by Gasteiger charge is -2.34. The Balaban J connectivity index is 1.51. The van der Waals surface area contributed by atoms with Crippen molar-refractivity contribution in [1.29, 1.82) is 0 Å². The third-order valence-electron chi connectivity index (χ3n) is 5.74. The van der Waals surface area contributed by atoms with E-state index >= 15 is 0 Å². The molecule has 1 aliphatic heterocycles. The summed E-state index contributed by atoms with van der Waals surface area (Å²) >= 11 is 0. The van der Waals surface area contributed by atoms with Gasteiger partial charge in [0.25, 0.3) is 10.0 Å². The average Bonchev–Trinajstić information content (AvgIpc) is 2.78. The highest BCUT2D eigenvalue weighted by molar-refractivity contribution is 7.89. The number of alkyl halides is 2. The van der Waals surface area contributed by atoms with E-state index in [1.165, 1.54) is 24.3 Å². The zero-order valence-electron chi connectivity index (χ0n) is 18.4. The number of halogens is 2. The zero-order valence-corrected chi connectivity index (χ0v) is 19.2. The van der Waals surface area contributed by atoms with Gasteiger partial charge in [-0.15, -0.1) is 4.41 Å². The van der Waals surface area contributed by atoms with Crippen LogP contribution in [-0.2, 0) is 21.2 Å². The van der Waals surface area contributed by atoms with Gasteiger partial charge in [0, 0.05) is 49.6 Å². The molecule has 1 aromatic heterocycles. The number of sulfonamides is 1. The standard InChI is InChI=1S/C22H29F2N5O3S/c1-22(23,24)17-5-6-19(27-14-17)15-29(25)33(31,32)20-9-7-18(8-10-20)28-21(30)11-4-16-3-2-12-26-13-16/h2-3,7-10,12-13,17,19,27H,4-6,11,14-15,25H2,1H3,(H,28,30). The molecular formula is C22H29F2N5O3S. The number of hydrazine groups is 1. The summed E-state index contributed by atoms with van der Waals surface area (Å²) in [5.41, 5.74) is 1.41. The second-order valence-corrected chi connectivity index (χ2v) is 10.2. The van der Waals surface area contributed by atoms with E-state index in [9.17, 15) is 22.0 Å². The summed E-state index contributed by atoms with van der Waals surface area (Å²) in [6.07, 6.45) is 4.87. The Morgan fingerprint density at radius 3 is 2.58 bits per heavy atom. The summed E-state index contributed by atoms with van der Waals surface area (Å²) in [4.78, 5) is 16.1. The Bertz CT molecular complexity index is 1020. The Kier molecular flexibility index (Phi) is 8.11. The molecule has 1 amide bonds. The van der Waals surface area contributed by atoms with Gasteiger partial charge >= 0.3 is 0 Å². The number of carbonyl (C=O) groups excluding carboxylic acids is 1. The fraction of sp³-hybridized carbons (Fsp3) is 0.455. The fourth-order valence-electron chi connectivity index (χ4n) is 3.69. The van der Waals surface area contributed by atoms with Gasteiger partial charge in [-0.3, -0.25) is 15.6 Å². The van der Waals surface area contributed by atoms with Crippen LogP contribution in [0.25, 0.3) is 0 Å². The minimum atomic E-state index is -3.97. The second-order valence-electron chi connectivity index (χ2n) is 8.34. The molecule has 1 saturated heterocycles. The highest BCUT2D eigenvalue weighted by Crippen LogP contribution is 2.30. The van der Waals surface area contributed by atoms with Gasteiger partial charge < -0.3 is 10.6 Å². The second kappa shape index (κ2) is 10.6. The quantitative estimate of drug-likeness (QED) is 0.374. The van der Waals surface area contributed by atoms with E-state index in [2.05, 4.69) is 15.6 Å². The number of hydrogen-bond acceptors (Lipinski definition) is 6. The van der Waals surface area contributed by atoms with Crippen molar-refractivity contribution in [3.05, 3.63) is 54.4 Å². The summed E-state index contributed by atoms with van der Waals surface area (Å²) in [6.45, 7) is 0.973. The molecule has 0 radical (unpaired) electrons. The maximum Gasteiger partial charge on any atom is 0.255 e. The molecule has 2 heterocycles. The number of piperidine rings is 1. The number of aryl methyl sites for hydroxylation is 1. The van der Waals surface area contributed by atoms with Crippen molar-refractivity contribution in [3.63, 3.8) is 0 Å². The first kappa shape index (κ1) is 25.2. The third-order valence-corrected chi connectivity index (χ3v) is 7.38. The highest BCUT2D eigenvalue weighted by Gasteiger charge is 2.37. The highest BCUT2D eigenvalue weighted by atomic mass is 32.2. The molecule has 1 aromatic carbocycles. The number of rotatable bonds is 9. The van der Waals surface area contributed by atoms with Gasteiger partial charge in [-0.05, 0) is 62.1 Å². The van der Waals surface area contributed by atoms with E-state index in [0.717, 1.165) is 16.9 Å². The van der Waals surface area contributed by atoms with E-state index in [0.29, 0.717) is 24.9 Å². The van der Waals surface area contributed by atoms with Gasteiger partial charge in [-0.2, -0.15) is 0 Å². The Morgan fingerprint density at radius 2 is 2.00 bits per heavy atom. The van der Waals surface area contributed by atoms with Crippen LogP contribution in [0, 0.1) is 5.92 Å². The zero-order chi connectivity index (χ0) is 24.1. The van der Waals surface area contributed by atoms with Crippen molar-refractivity contribution in [2.45, 2.75) is 49.5 Å². The maximum absolute atomic E-state index is 13.4. The number of anilines is 1. The molecular weight excluding hydrogens is 452 g/mol. The minimum absolute atomic E-state index is 0.0212. The van der Waals surface area contributed by atoms with E-state index in [1.54, 1.807) is 18.5 Å². The minimum Gasteiger partial charge on any atom is -0.326 e. The number of nitrogens with two attached hydrogens (primary N) is 1. The first-order valence-corrected chi connectivity index (χ1v) is 12.2. The number of nitrogens with one attached hydrogen (secondary N) is 2. The number of pyridine rings is 1. The molecule has 33 heavy (non-hydrogen) atoms. The molecule has 0 saturated carbocycles. The SMILES string of the molecule is CC(F)(F)C1CCC(CN(N)S(=O)(=O)c2ccc(NC(=O)CCc3cccnc3)cc2)NC1. The van der Waals surface area contributed by atoms with E-state index in [1.807, 2.05) is 6.07 Å². The van der Waals surface area contributed by atoms with Crippen molar-refractivity contribution in [2.75, 3.05) is 18.4 Å². The lowest BCUT2D eigenvalue weighted by molar-refractivity contribution is -0.116. The van der Waals surface area contributed by atoms with Crippen molar-refractivity contribution in [3.8, 4) is 0 Å². The topological polar surface area (TPSA) is 117 Å². The molecule has 0 spiro atoms. The summed E-state index contributed by atoms with van der Waals surface area (Å²) in [7, 11) is -3.97. The molecule has 1 fully saturated rings. The molecule has 180 valence electrons. The summed E-state index contributed by atoms with van der Waals surface area (Å²) in [5.74, 6) is 2.08. The van der Waals surface area contributed by atoms with Crippen LogP contribution in [-0.4, -0.2) is 48.8 Å². The van der Waals surface area contributed by atoms with Gasteiger partial charge in [-0.25, -0.2) is 17.2 Å². The number of aromatic nitrogens is 1. The fourth-order valence-corrected chi connectivity index (χ4v) is 4.82. The molecule has 0 aliphatic carbocycles. The van der Waals surface area contributed by atoms with Crippen LogP contribution >= 0.6 is 0 Å². The van der Waals surface area contributed by atoms with Gasteiger partial charge in [0.1, 0.15) is 0 Å². The lowest BCUT2D eigenvalue weighted by Crippen LogP contribution is -2.52. The lowest BCUT2D eigenvalue weighted by atomic mass is 9.90. The molecule has 2 aromatic rings. The Labute approximate surface area is 192 Å². The van der Waals surface area contributed by atoms with Gasteiger partial charge in [0.05, 0.1) is 4.90 Å². The van der Waals surface area contributed by atoms with Crippen molar-refractivity contribution in [2.24, 2.45) is 11.8 Å². The number of nitrogens with zero attached hydrogens (tertiary/aromatic N) is 2. The summed E-state index contributed by atoms with van der Waals surface area (Å²) < 4.78 is 53.2. The van der Waals surface area contributed by atoms with Crippen molar-refractivity contribution < 1.29 is 22.0 Å². The molecule has 0 bridgehead atoms. The molecule has 8 nitrogen and oxygen atoms in total. The van der Waals surface area contributed by atoms with E-state index in [4.69, 9.17) is 5.84 Å². The van der Waals surface area contributed by atoms with Crippen LogP contribution < -0.4 is 16.5 Å². The Morgan fingerprint density at radius 1 is 1.27 bits per heavy atom. The largest absolute Gasteiger partial charge is 0.326 e. The number of hydrogen-bond donors (Lipinski definition) is 3.